The van der Waals surface area contributed by atoms with Crippen LogP contribution in [0, 0.1) is 17.8 Å². The van der Waals surface area contributed by atoms with Gasteiger partial charge in [0.2, 0.25) is 17.8 Å². The number of nitrogen functional groups attached to an aromatic ring is 1. The fraction of sp³-hybridized carbons (Fsp3) is 0.769. The minimum absolute atomic E-state index is 0.358. The number of nitrogens with zero attached hydrogens (tertiary/aromatic N) is 4. The summed E-state index contributed by atoms with van der Waals surface area (Å²) in [4.78, 5) is 14.6. The van der Waals surface area contributed by atoms with Crippen LogP contribution in [0.4, 0.5) is 17.8 Å². The van der Waals surface area contributed by atoms with E-state index in [0.29, 0.717) is 35.6 Å². The molecule has 20 heavy (non-hydrogen) atoms. The fourth-order valence-corrected chi connectivity index (χ4v) is 2.16. The topological polar surface area (TPSA) is 92.0 Å². The molecule has 0 aliphatic rings. The van der Waals surface area contributed by atoms with Gasteiger partial charge in [0.25, 0.3) is 0 Å². The van der Waals surface area contributed by atoms with Gasteiger partial charge in [0.15, 0.2) is 0 Å². The first-order chi connectivity index (χ1) is 9.35. The number of hydrogen-bond donors (Lipinski definition) is 3. The van der Waals surface area contributed by atoms with E-state index < -0.39 is 0 Å². The van der Waals surface area contributed by atoms with Crippen LogP contribution in [-0.4, -0.2) is 35.6 Å². The van der Waals surface area contributed by atoms with E-state index in [-0.39, 0.29) is 0 Å². The Morgan fingerprint density at radius 3 is 2.00 bits per heavy atom. The Kier molecular flexibility index (Phi) is 5.94. The average molecular weight is 281 g/mol. The van der Waals surface area contributed by atoms with Gasteiger partial charge in [-0.15, -0.1) is 0 Å². The van der Waals surface area contributed by atoms with Gasteiger partial charge in [0.1, 0.15) is 0 Å². The van der Waals surface area contributed by atoms with Crippen LogP contribution in [0.3, 0.4) is 0 Å². The number of nitrogens with two attached hydrogens (primary N) is 1. The molecule has 0 amide bonds. The van der Waals surface area contributed by atoms with Gasteiger partial charge in [-0.2, -0.15) is 15.0 Å². The molecule has 0 unspecified atom stereocenters. The molecule has 0 atom stereocenters. The van der Waals surface area contributed by atoms with Crippen LogP contribution >= 0.6 is 0 Å². The van der Waals surface area contributed by atoms with Gasteiger partial charge in [-0.25, -0.2) is 5.84 Å². The van der Waals surface area contributed by atoms with Gasteiger partial charge in [-0.05, 0) is 17.8 Å². The first-order valence-electron chi connectivity index (χ1n) is 6.99. The molecule has 7 nitrogen and oxygen atoms in total. The zero-order chi connectivity index (χ0) is 15.3. The molecule has 0 aromatic carbocycles. The SMILES string of the molecule is CC(C)C(CNc1nc(NN)nc(N(C)C)n1)C(C)C. The highest BCUT2D eigenvalue weighted by Crippen LogP contribution is 2.21. The van der Waals surface area contributed by atoms with Crippen molar-refractivity contribution < 1.29 is 0 Å². The lowest BCUT2D eigenvalue weighted by atomic mass is 9.85. The zero-order valence-electron chi connectivity index (χ0n) is 13.3. The predicted octanol–water partition coefficient (Wildman–Crippen LogP) is 1.56. The molecule has 0 aliphatic heterocycles. The van der Waals surface area contributed by atoms with Crippen molar-refractivity contribution in [3.63, 3.8) is 0 Å². The van der Waals surface area contributed by atoms with Gasteiger partial charge >= 0.3 is 0 Å². The van der Waals surface area contributed by atoms with E-state index in [1.165, 1.54) is 0 Å². The number of hydrogen-bond acceptors (Lipinski definition) is 7. The molecule has 114 valence electrons. The number of hydrazine groups is 1. The molecular weight excluding hydrogens is 254 g/mol. The Morgan fingerprint density at radius 2 is 1.55 bits per heavy atom. The van der Waals surface area contributed by atoms with Gasteiger partial charge < -0.3 is 10.2 Å². The van der Waals surface area contributed by atoms with Crippen molar-refractivity contribution >= 4 is 17.8 Å². The predicted molar refractivity (Wildman–Crippen MR) is 83.6 cm³/mol. The molecule has 0 fully saturated rings. The molecule has 0 spiro atoms. The van der Waals surface area contributed by atoms with Gasteiger partial charge in [-0.1, -0.05) is 27.7 Å². The third-order valence-corrected chi connectivity index (χ3v) is 3.36. The Labute approximate surface area is 121 Å². The Balaban J connectivity index is 2.83. The number of anilines is 3. The summed E-state index contributed by atoms with van der Waals surface area (Å²) in [6, 6.07) is 0. The van der Waals surface area contributed by atoms with Crippen LogP contribution in [0.15, 0.2) is 0 Å². The molecule has 1 heterocycles. The van der Waals surface area contributed by atoms with E-state index in [1.54, 1.807) is 0 Å². The standard InChI is InChI=1S/C13H27N7/c1-8(2)10(9(3)4)7-15-11-16-12(19-14)18-13(17-11)20(5)6/h8-10H,7,14H2,1-6H3,(H2,15,16,17,18,19). The minimum Gasteiger partial charge on any atom is -0.354 e. The Morgan fingerprint density at radius 1 is 1.00 bits per heavy atom. The maximum absolute atomic E-state index is 5.39. The second-order valence-electron chi connectivity index (χ2n) is 5.85. The van der Waals surface area contributed by atoms with Crippen LogP contribution in [0.5, 0.6) is 0 Å². The van der Waals surface area contributed by atoms with Gasteiger partial charge in [0.05, 0.1) is 0 Å². The third-order valence-electron chi connectivity index (χ3n) is 3.36. The van der Waals surface area contributed by atoms with E-state index in [1.807, 2.05) is 19.0 Å². The maximum Gasteiger partial charge on any atom is 0.243 e. The molecule has 7 heteroatoms. The number of nitrogens with one attached hydrogen (secondary N) is 2. The fourth-order valence-electron chi connectivity index (χ4n) is 2.16. The summed E-state index contributed by atoms with van der Waals surface area (Å²) in [6.45, 7) is 9.77. The third kappa shape index (κ3) is 4.48. The lowest BCUT2D eigenvalue weighted by molar-refractivity contribution is 0.304. The molecule has 1 aromatic heterocycles. The van der Waals surface area contributed by atoms with E-state index in [2.05, 4.69) is 53.4 Å². The minimum atomic E-state index is 0.358. The van der Waals surface area contributed by atoms with Gasteiger partial charge in [0, 0.05) is 20.6 Å². The number of aromatic nitrogens is 3. The largest absolute Gasteiger partial charge is 0.354 e. The van der Waals surface area contributed by atoms with Crippen molar-refractivity contribution in [2.24, 2.45) is 23.6 Å². The molecule has 0 radical (unpaired) electrons. The highest BCUT2D eigenvalue weighted by molar-refractivity contribution is 5.42. The van der Waals surface area contributed by atoms with Crippen molar-refractivity contribution in [3.05, 3.63) is 0 Å². The maximum atomic E-state index is 5.39. The second-order valence-corrected chi connectivity index (χ2v) is 5.85. The van der Waals surface area contributed by atoms with Crippen molar-refractivity contribution in [2.75, 3.05) is 36.3 Å². The smallest absolute Gasteiger partial charge is 0.243 e. The zero-order valence-corrected chi connectivity index (χ0v) is 13.3. The first-order valence-corrected chi connectivity index (χ1v) is 6.99. The highest BCUT2D eigenvalue weighted by Gasteiger charge is 2.18. The van der Waals surface area contributed by atoms with E-state index in [4.69, 9.17) is 5.84 Å². The summed E-state index contributed by atoms with van der Waals surface area (Å²) in [6.07, 6.45) is 0. The molecule has 0 saturated heterocycles. The Bertz CT molecular complexity index is 409. The lowest BCUT2D eigenvalue weighted by Gasteiger charge is -2.25. The van der Waals surface area contributed by atoms with E-state index in [0.717, 1.165) is 6.54 Å². The van der Waals surface area contributed by atoms with Crippen LogP contribution in [0.25, 0.3) is 0 Å². The van der Waals surface area contributed by atoms with Crippen LogP contribution < -0.4 is 21.5 Å². The van der Waals surface area contributed by atoms with Gasteiger partial charge in [-0.3, -0.25) is 5.43 Å². The molecule has 0 saturated carbocycles. The Hall–Kier alpha value is -1.63. The summed E-state index contributed by atoms with van der Waals surface area (Å²) in [5.41, 5.74) is 2.47. The summed E-state index contributed by atoms with van der Waals surface area (Å²) in [7, 11) is 3.76. The van der Waals surface area contributed by atoms with Crippen LogP contribution in [0.1, 0.15) is 27.7 Å². The summed E-state index contributed by atoms with van der Waals surface area (Å²) in [5, 5.41) is 3.29. The van der Waals surface area contributed by atoms with Crippen LogP contribution in [0.2, 0.25) is 0 Å². The van der Waals surface area contributed by atoms with E-state index >= 15 is 0 Å². The summed E-state index contributed by atoms with van der Waals surface area (Å²) >= 11 is 0. The van der Waals surface area contributed by atoms with Crippen molar-refractivity contribution in [3.8, 4) is 0 Å². The highest BCUT2D eigenvalue weighted by atomic mass is 15.4. The molecule has 4 N–H and O–H groups in total. The second kappa shape index (κ2) is 7.23. The van der Waals surface area contributed by atoms with Crippen molar-refractivity contribution in [2.45, 2.75) is 27.7 Å². The molecule has 0 aliphatic carbocycles. The average Bonchev–Trinajstić information content (AvgIpc) is 2.37. The summed E-state index contributed by atoms with van der Waals surface area (Å²) < 4.78 is 0. The van der Waals surface area contributed by atoms with Crippen molar-refractivity contribution in [1.82, 2.24) is 15.0 Å². The van der Waals surface area contributed by atoms with E-state index in [9.17, 15) is 0 Å². The lowest BCUT2D eigenvalue weighted by Crippen LogP contribution is -2.26. The van der Waals surface area contributed by atoms with Crippen LogP contribution in [-0.2, 0) is 0 Å². The van der Waals surface area contributed by atoms with Crippen molar-refractivity contribution in [1.29, 1.82) is 0 Å². The molecule has 0 bridgehead atoms. The molecular formula is C13H27N7. The molecule has 1 aromatic rings. The quantitative estimate of drug-likeness (QED) is 0.516. The normalized spacial score (nSPS) is 11.3. The summed E-state index contributed by atoms with van der Waals surface area (Å²) in [5.74, 6) is 8.63. The molecule has 1 rings (SSSR count). The number of rotatable bonds is 7. The monoisotopic (exact) mass is 281 g/mol. The first kappa shape index (κ1) is 16.4.